The highest BCUT2D eigenvalue weighted by molar-refractivity contribution is 6.36. The lowest BCUT2D eigenvalue weighted by molar-refractivity contribution is 0.374. The largest absolute Gasteiger partial charge is 0.381 e. The first-order valence-electron chi connectivity index (χ1n) is 6.59. The Hall–Kier alpha value is -0.890. The van der Waals surface area contributed by atoms with Crippen molar-refractivity contribution in [2.45, 2.75) is 24.8 Å². The van der Waals surface area contributed by atoms with Crippen LogP contribution >= 0.6 is 34.8 Å². The molecule has 104 valence electrons. The minimum atomic E-state index is 0.440. The number of anilines is 1. The third-order valence-electron chi connectivity index (χ3n) is 3.77. The zero-order valence-electron chi connectivity index (χ0n) is 10.7. The molecule has 1 nitrogen and oxygen atoms in total. The lowest BCUT2D eigenvalue weighted by Gasteiger charge is -2.37. The van der Waals surface area contributed by atoms with Crippen molar-refractivity contribution in [3.05, 3.63) is 63.1 Å². The monoisotopic (exact) mass is 325 g/mol. The van der Waals surface area contributed by atoms with Crippen molar-refractivity contribution in [1.82, 2.24) is 0 Å². The van der Waals surface area contributed by atoms with Gasteiger partial charge in [-0.15, -0.1) is 0 Å². The average molecular weight is 327 g/mol. The van der Waals surface area contributed by atoms with Crippen LogP contribution in [0.25, 0.3) is 0 Å². The molecule has 1 N–H and O–H groups in total. The van der Waals surface area contributed by atoms with Crippen LogP contribution in [0.4, 0.5) is 5.69 Å². The Balaban J connectivity index is 1.62. The van der Waals surface area contributed by atoms with Gasteiger partial charge in [0.25, 0.3) is 0 Å². The summed E-state index contributed by atoms with van der Waals surface area (Å²) in [6.07, 6.45) is 2.14. The van der Waals surface area contributed by atoms with Crippen LogP contribution < -0.4 is 5.32 Å². The maximum atomic E-state index is 6.23. The molecule has 4 heteroatoms. The van der Waals surface area contributed by atoms with Crippen molar-refractivity contribution >= 4 is 40.5 Å². The second-order valence-corrected chi connectivity index (χ2v) is 6.41. The Morgan fingerprint density at radius 2 is 1.65 bits per heavy atom. The first-order chi connectivity index (χ1) is 9.63. The Labute approximate surface area is 133 Å². The molecule has 2 aromatic rings. The molecule has 2 aromatic carbocycles. The van der Waals surface area contributed by atoms with Gasteiger partial charge >= 0.3 is 0 Å². The SMILES string of the molecule is Clc1ccc(NC2CC(c3ccccc3Cl)C2)c(Cl)c1. The summed E-state index contributed by atoms with van der Waals surface area (Å²) in [5.41, 5.74) is 2.19. The molecule has 0 bridgehead atoms. The third kappa shape index (κ3) is 2.90. The van der Waals surface area contributed by atoms with Crippen LogP contribution in [0.1, 0.15) is 24.3 Å². The third-order valence-corrected chi connectivity index (χ3v) is 4.67. The van der Waals surface area contributed by atoms with Gasteiger partial charge in [0.15, 0.2) is 0 Å². The first-order valence-corrected chi connectivity index (χ1v) is 7.73. The topological polar surface area (TPSA) is 12.0 Å². The molecule has 0 radical (unpaired) electrons. The van der Waals surface area contributed by atoms with Gasteiger partial charge in [0.2, 0.25) is 0 Å². The van der Waals surface area contributed by atoms with Gasteiger partial charge in [-0.3, -0.25) is 0 Å². The fraction of sp³-hybridized carbons (Fsp3) is 0.250. The van der Waals surface area contributed by atoms with Gasteiger partial charge in [0.1, 0.15) is 0 Å². The summed E-state index contributed by atoms with van der Waals surface area (Å²) in [5, 5.41) is 5.64. The zero-order valence-corrected chi connectivity index (χ0v) is 13.0. The van der Waals surface area contributed by atoms with Gasteiger partial charge in [0, 0.05) is 16.1 Å². The quantitative estimate of drug-likeness (QED) is 0.729. The molecule has 0 aromatic heterocycles. The number of benzene rings is 2. The highest BCUT2D eigenvalue weighted by Crippen LogP contribution is 2.41. The summed E-state index contributed by atoms with van der Waals surface area (Å²) < 4.78 is 0. The number of hydrogen-bond donors (Lipinski definition) is 1. The molecule has 1 fully saturated rings. The Bertz CT molecular complexity index is 621. The summed E-state index contributed by atoms with van der Waals surface area (Å²) in [6.45, 7) is 0. The fourth-order valence-corrected chi connectivity index (χ4v) is 3.38. The van der Waals surface area contributed by atoms with Gasteiger partial charge in [-0.05, 0) is 48.6 Å². The minimum Gasteiger partial charge on any atom is -0.381 e. The first kappa shape index (κ1) is 14.1. The van der Waals surface area contributed by atoms with E-state index in [0.29, 0.717) is 22.0 Å². The normalized spacial score (nSPS) is 21.4. The number of halogens is 3. The molecule has 0 saturated heterocycles. The van der Waals surface area contributed by atoms with Gasteiger partial charge in [-0.25, -0.2) is 0 Å². The van der Waals surface area contributed by atoms with Gasteiger partial charge < -0.3 is 5.32 Å². The van der Waals surface area contributed by atoms with E-state index < -0.39 is 0 Å². The van der Waals surface area contributed by atoms with Crippen LogP contribution in [0.3, 0.4) is 0 Å². The second kappa shape index (κ2) is 5.85. The maximum Gasteiger partial charge on any atom is 0.0652 e. The molecule has 1 saturated carbocycles. The number of nitrogens with one attached hydrogen (secondary N) is 1. The van der Waals surface area contributed by atoms with E-state index in [9.17, 15) is 0 Å². The van der Waals surface area contributed by atoms with E-state index in [1.165, 1.54) is 5.56 Å². The van der Waals surface area contributed by atoms with Crippen molar-refractivity contribution in [1.29, 1.82) is 0 Å². The van der Waals surface area contributed by atoms with Crippen molar-refractivity contribution < 1.29 is 0 Å². The molecule has 20 heavy (non-hydrogen) atoms. The van der Waals surface area contributed by atoms with E-state index in [2.05, 4.69) is 11.4 Å². The second-order valence-electron chi connectivity index (χ2n) is 5.16. The standard InChI is InChI=1S/C16H14Cl3N/c17-11-5-6-16(15(19)9-11)20-12-7-10(8-12)13-3-1-2-4-14(13)18/h1-6,9-10,12,20H,7-8H2. The predicted octanol–water partition coefficient (Wildman–Crippen LogP) is 6.00. The van der Waals surface area contributed by atoms with Crippen molar-refractivity contribution in [3.63, 3.8) is 0 Å². The lowest BCUT2D eigenvalue weighted by Crippen LogP contribution is -2.34. The molecule has 0 spiro atoms. The van der Waals surface area contributed by atoms with Gasteiger partial charge in [0.05, 0.1) is 10.7 Å². The molecule has 0 heterocycles. The zero-order chi connectivity index (χ0) is 14.1. The van der Waals surface area contributed by atoms with E-state index >= 15 is 0 Å². The molecule has 3 rings (SSSR count). The van der Waals surface area contributed by atoms with E-state index in [1.54, 1.807) is 6.07 Å². The smallest absolute Gasteiger partial charge is 0.0652 e. The Morgan fingerprint density at radius 3 is 2.35 bits per heavy atom. The Kier molecular flexibility index (Phi) is 4.11. The van der Waals surface area contributed by atoms with E-state index in [0.717, 1.165) is 23.6 Å². The molecule has 0 atom stereocenters. The van der Waals surface area contributed by atoms with Crippen molar-refractivity contribution in [2.24, 2.45) is 0 Å². The van der Waals surface area contributed by atoms with Crippen molar-refractivity contribution in [3.8, 4) is 0 Å². The maximum absolute atomic E-state index is 6.23. The summed E-state index contributed by atoms with van der Waals surface area (Å²) in [5.74, 6) is 0.535. The van der Waals surface area contributed by atoms with E-state index in [4.69, 9.17) is 34.8 Å². The Morgan fingerprint density at radius 1 is 0.900 bits per heavy atom. The van der Waals surface area contributed by atoms with Crippen LogP contribution in [0.2, 0.25) is 15.1 Å². The molecule has 1 aliphatic rings. The molecule has 1 aliphatic carbocycles. The van der Waals surface area contributed by atoms with Crippen molar-refractivity contribution in [2.75, 3.05) is 5.32 Å². The average Bonchev–Trinajstić information content (AvgIpc) is 2.37. The van der Waals surface area contributed by atoms with Crippen LogP contribution in [0, 0.1) is 0 Å². The number of rotatable bonds is 3. The van der Waals surface area contributed by atoms with E-state index in [1.807, 2.05) is 30.3 Å². The molecule has 0 amide bonds. The summed E-state index contributed by atoms with van der Waals surface area (Å²) >= 11 is 18.3. The van der Waals surface area contributed by atoms with Crippen LogP contribution in [-0.2, 0) is 0 Å². The van der Waals surface area contributed by atoms with Gasteiger partial charge in [-0.1, -0.05) is 53.0 Å². The summed E-state index contributed by atoms with van der Waals surface area (Å²) in [4.78, 5) is 0. The predicted molar refractivity (Wildman–Crippen MR) is 87.3 cm³/mol. The fourth-order valence-electron chi connectivity index (χ4n) is 2.62. The summed E-state index contributed by atoms with van der Waals surface area (Å²) in [6, 6.07) is 14.0. The summed E-state index contributed by atoms with van der Waals surface area (Å²) in [7, 11) is 0. The molecular formula is C16H14Cl3N. The molecule has 0 aliphatic heterocycles. The molecule has 0 unspecified atom stereocenters. The lowest BCUT2D eigenvalue weighted by atomic mass is 9.76. The van der Waals surface area contributed by atoms with Crippen LogP contribution in [0.5, 0.6) is 0 Å². The minimum absolute atomic E-state index is 0.440. The highest BCUT2D eigenvalue weighted by Gasteiger charge is 2.31. The highest BCUT2D eigenvalue weighted by atomic mass is 35.5. The van der Waals surface area contributed by atoms with Crippen LogP contribution in [-0.4, -0.2) is 6.04 Å². The molecular weight excluding hydrogens is 313 g/mol. The number of hydrogen-bond acceptors (Lipinski definition) is 1. The van der Waals surface area contributed by atoms with E-state index in [-0.39, 0.29) is 0 Å². The van der Waals surface area contributed by atoms with Gasteiger partial charge in [-0.2, -0.15) is 0 Å². The van der Waals surface area contributed by atoms with Crippen LogP contribution in [0.15, 0.2) is 42.5 Å².